The summed E-state index contributed by atoms with van der Waals surface area (Å²) in [7, 11) is 0. The van der Waals surface area contributed by atoms with Gasteiger partial charge in [-0.15, -0.1) is 0 Å². The van der Waals surface area contributed by atoms with E-state index in [0.29, 0.717) is 12.2 Å². The van der Waals surface area contributed by atoms with Crippen molar-refractivity contribution in [1.29, 1.82) is 0 Å². The summed E-state index contributed by atoms with van der Waals surface area (Å²) >= 11 is 0. The zero-order chi connectivity index (χ0) is 12.1. The second kappa shape index (κ2) is 5.64. The molecule has 3 nitrogen and oxygen atoms in total. The predicted octanol–water partition coefficient (Wildman–Crippen LogP) is 2.21. The molecule has 0 bridgehead atoms. The van der Waals surface area contributed by atoms with Crippen molar-refractivity contribution in [2.24, 2.45) is 0 Å². The summed E-state index contributed by atoms with van der Waals surface area (Å²) in [5.41, 5.74) is 2.10. The molecule has 0 unspecified atom stereocenters. The monoisotopic (exact) mass is 231 g/mol. The van der Waals surface area contributed by atoms with Crippen LogP contribution in [0.25, 0.3) is 0 Å². The third-order valence-electron chi connectivity index (χ3n) is 2.79. The summed E-state index contributed by atoms with van der Waals surface area (Å²) in [6, 6.07) is 7.56. The van der Waals surface area contributed by atoms with E-state index in [1.807, 2.05) is 31.2 Å². The van der Waals surface area contributed by atoms with Gasteiger partial charge in [0.05, 0.1) is 6.42 Å². The molecule has 90 valence electrons. The van der Waals surface area contributed by atoms with Crippen LogP contribution >= 0.6 is 0 Å². The van der Waals surface area contributed by atoms with Gasteiger partial charge < -0.3 is 10.1 Å². The van der Waals surface area contributed by atoms with E-state index in [2.05, 4.69) is 11.4 Å². The molecule has 17 heavy (non-hydrogen) atoms. The summed E-state index contributed by atoms with van der Waals surface area (Å²) in [5.74, 6) is 0.469. The zero-order valence-corrected chi connectivity index (χ0v) is 10.0. The number of rotatable bonds is 3. The van der Waals surface area contributed by atoms with E-state index in [9.17, 15) is 4.79 Å². The maximum absolute atomic E-state index is 11.7. The summed E-state index contributed by atoms with van der Waals surface area (Å²) in [4.78, 5) is 11.7. The van der Waals surface area contributed by atoms with Gasteiger partial charge in [-0.3, -0.25) is 4.79 Å². The molecule has 1 heterocycles. The van der Waals surface area contributed by atoms with E-state index in [1.165, 1.54) is 0 Å². The van der Waals surface area contributed by atoms with Crippen molar-refractivity contribution in [3.63, 3.8) is 0 Å². The third kappa shape index (κ3) is 3.43. The summed E-state index contributed by atoms with van der Waals surface area (Å²) in [6.07, 6.45) is 3.49. The van der Waals surface area contributed by atoms with Crippen LogP contribution in [0.2, 0.25) is 0 Å². The first kappa shape index (κ1) is 11.9. The fourth-order valence-electron chi connectivity index (χ4n) is 1.85. The molecular formula is C14H17NO2. The van der Waals surface area contributed by atoms with Crippen LogP contribution < -0.4 is 10.1 Å². The fraction of sp³-hybridized carbons (Fsp3) is 0.357. The second-order valence-electron chi connectivity index (χ2n) is 4.24. The molecule has 0 spiro atoms. The number of nitrogens with one attached hydrogen (secondary N) is 1. The smallest absolute Gasteiger partial charge is 0.315 e. The average Bonchev–Trinajstić information content (AvgIpc) is 2.33. The van der Waals surface area contributed by atoms with Crippen LogP contribution in [0, 0.1) is 6.92 Å². The minimum Gasteiger partial charge on any atom is -0.426 e. The maximum Gasteiger partial charge on any atom is 0.315 e. The van der Waals surface area contributed by atoms with Gasteiger partial charge in [0.15, 0.2) is 0 Å². The number of aryl methyl sites for hydroxylation is 1. The number of esters is 1. The SMILES string of the molecule is Cc1ccccc1OC(=O)CC1=CCCNC1. The van der Waals surface area contributed by atoms with Gasteiger partial charge in [0.2, 0.25) is 0 Å². The van der Waals surface area contributed by atoms with Gasteiger partial charge >= 0.3 is 5.97 Å². The van der Waals surface area contributed by atoms with Gasteiger partial charge in [-0.1, -0.05) is 24.3 Å². The molecule has 0 fully saturated rings. The van der Waals surface area contributed by atoms with E-state index < -0.39 is 0 Å². The number of hydrogen-bond donors (Lipinski definition) is 1. The molecule has 1 N–H and O–H groups in total. The molecule has 0 amide bonds. The Kier molecular flexibility index (Phi) is 3.94. The molecule has 1 aromatic carbocycles. The van der Waals surface area contributed by atoms with E-state index in [1.54, 1.807) is 0 Å². The first-order chi connectivity index (χ1) is 8.25. The standard InChI is InChI=1S/C14H17NO2/c1-11-5-2-3-7-13(11)17-14(16)9-12-6-4-8-15-10-12/h2-3,5-7,15H,4,8-10H2,1H3. The van der Waals surface area contributed by atoms with Crippen LogP contribution in [0.15, 0.2) is 35.9 Å². The van der Waals surface area contributed by atoms with Gasteiger partial charge in [-0.2, -0.15) is 0 Å². The number of ether oxygens (including phenoxy) is 1. The summed E-state index contributed by atoms with van der Waals surface area (Å²) < 4.78 is 5.34. The lowest BCUT2D eigenvalue weighted by atomic mass is 10.1. The quantitative estimate of drug-likeness (QED) is 0.492. The highest BCUT2D eigenvalue weighted by atomic mass is 16.5. The zero-order valence-electron chi connectivity index (χ0n) is 10.0. The Morgan fingerprint density at radius 3 is 2.94 bits per heavy atom. The Hall–Kier alpha value is -1.61. The van der Waals surface area contributed by atoms with Crippen molar-refractivity contribution in [2.45, 2.75) is 19.8 Å². The van der Waals surface area contributed by atoms with Crippen LogP contribution in [-0.2, 0) is 4.79 Å². The highest BCUT2D eigenvalue weighted by molar-refractivity contribution is 5.75. The van der Waals surface area contributed by atoms with Crippen LogP contribution in [-0.4, -0.2) is 19.1 Å². The Morgan fingerprint density at radius 1 is 1.41 bits per heavy atom. The highest BCUT2D eigenvalue weighted by Crippen LogP contribution is 2.17. The van der Waals surface area contributed by atoms with E-state index in [0.717, 1.165) is 30.6 Å². The van der Waals surface area contributed by atoms with Crippen molar-refractivity contribution in [2.75, 3.05) is 13.1 Å². The van der Waals surface area contributed by atoms with Crippen LogP contribution in [0.5, 0.6) is 5.75 Å². The first-order valence-electron chi connectivity index (χ1n) is 5.90. The number of para-hydroxylation sites is 1. The van der Waals surface area contributed by atoms with E-state index >= 15 is 0 Å². The molecule has 0 aromatic heterocycles. The number of carbonyl (C=O) groups is 1. The topological polar surface area (TPSA) is 38.3 Å². The van der Waals surface area contributed by atoms with Crippen molar-refractivity contribution in [3.8, 4) is 5.75 Å². The molecule has 0 atom stereocenters. The van der Waals surface area contributed by atoms with Crippen molar-refractivity contribution in [3.05, 3.63) is 41.5 Å². The Bertz CT molecular complexity index is 438. The van der Waals surface area contributed by atoms with Crippen molar-refractivity contribution >= 4 is 5.97 Å². The number of benzene rings is 1. The normalized spacial score (nSPS) is 15.2. The molecule has 0 saturated carbocycles. The summed E-state index contributed by atoms with van der Waals surface area (Å²) in [5, 5.41) is 3.24. The predicted molar refractivity (Wildman–Crippen MR) is 67.0 cm³/mol. The van der Waals surface area contributed by atoms with Gasteiger partial charge in [0.25, 0.3) is 0 Å². The largest absolute Gasteiger partial charge is 0.426 e. The second-order valence-corrected chi connectivity index (χ2v) is 4.24. The molecule has 0 aliphatic carbocycles. The molecule has 1 aliphatic rings. The lowest BCUT2D eigenvalue weighted by molar-refractivity contribution is -0.133. The van der Waals surface area contributed by atoms with Gasteiger partial charge in [0.1, 0.15) is 5.75 Å². The van der Waals surface area contributed by atoms with E-state index in [-0.39, 0.29) is 5.97 Å². The Labute approximate surface area is 101 Å². The molecule has 2 rings (SSSR count). The fourth-order valence-corrected chi connectivity index (χ4v) is 1.85. The lowest BCUT2D eigenvalue weighted by Gasteiger charge is -2.14. The van der Waals surface area contributed by atoms with E-state index in [4.69, 9.17) is 4.74 Å². The first-order valence-corrected chi connectivity index (χ1v) is 5.90. The van der Waals surface area contributed by atoms with Crippen LogP contribution in [0.4, 0.5) is 0 Å². The van der Waals surface area contributed by atoms with Crippen molar-refractivity contribution < 1.29 is 9.53 Å². The minimum absolute atomic E-state index is 0.186. The average molecular weight is 231 g/mol. The molecule has 3 heteroatoms. The van der Waals surface area contributed by atoms with Gasteiger partial charge in [-0.05, 0) is 37.1 Å². The van der Waals surface area contributed by atoms with Gasteiger partial charge in [0, 0.05) is 6.54 Å². The summed E-state index contributed by atoms with van der Waals surface area (Å²) in [6.45, 7) is 3.73. The Balaban J connectivity index is 1.93. The van der Waals surface area contributed by atoms with Gasteiger partial charge in [-0.25, -0.2) is 0 Å². The lowest BCUT2D eigenvalue weighted by Crippen LogP contribution is -2.24. The maximum atomic E-state index is 11.7. The Morgan fingerprint density at radius 2 is 2.24 bits per heavy atom. The number of carbonyl (C=O) groups excluding carboxylic acids is 1. The van der Waals surface area contributed by atoms with Crippen molar-refractivity contribution in [1.82, 2.24) is 5.32 Å². The molecule has 1 aromatic rings. The van der Waals surface area contributed by atoms with Crippen LogP contribution in [0.1, 0.15) is 18.4 Å². The molecule has 0 radical (unpaired) electrons. The third-order valence-corrected chi connectivity index (χ3v) is 2.79. The molecular weight excluding hydrogens is 214 g/mol. The molecule has 0 saturated heterocycles. The van der Waals surface area contributed by atoms with Crippen LogP contribution in [0.3, 0.4) is 0 Å². The molecule has 1 aliphatic heterocycles. The highest BCUT2D eigenvalue weighted by Gasteiger charge is 2.11. The minimum atomic E-state index is -0.186. The number of hydrogen-bond acceptors (Lipinski definition) is 3.